The summed E-state index contributed by atoms with van der Waals surface area (Å²) in [6.45, 7) is -0.105. The van der Waals surface area contributed by atoms with Crippen LogP contribution in [0.15, 0.2) is 48.5 Å². The number of benzene rings is 2. The van der Waals surface area contributed by atoms with Gasteiger partial charge in [0.15, 0.2) is 0 Å². The number of nitrogens with zero attached hydrogens (tertiary/aromatic N) is 1. The average molecular weight is 348 g/mol. The molecule has 3 nitrogen and oxygen atoms in total. The number of nitrogens with one attached hydrogen (secondary N) is 1. The fraction of sp³-hybridized carbons (Fsp3) is 0.278. The molecule has 0 saturated carbocycles. The van der Waals surface area contributed by atoms with Crippen molar-refractivity contribution >= 4 is 17.4 Å². The summed E-state index contributed by atoms with van der Waals surface area (Å²) in [6, 6.07) is 15.7. The highest BCUT2D eigenvalue weighted by molar-refractivity contribution is 7.98. The number of aliphatic hydroxyl groups excluding tert-OH is 1. The van der Waals surface area contributed by atoms with Crippen LogP contribution in [0, 0.1) is 11.3 Å². The molecule has 6 heteroatoms. The Morgan fingerprint density at radius 2 is 1.92 bits per heavy atom. The van der Waals surface area contributed by atoms with Crippen LogP contribution in [0.25, 0.3) is 0 Å². The van der Waals surface area contributed by atoms with Gasteiger partial charge in [-0.1, -0.05) is 30.3 Å². The maximum atomic E-state index is 13.0. The van der Waals surface area contributed by atoms with E-state index < -0.39 is 6.43 Å². The summed E-state index contributed by atoms with van der Waals surface area (Å²) >= 11 is 1.65. The number of aliphatic hydroxyl groups is 1. The molecule has 2 aromatic rings. The molecule has 0 radical (unpaired) electrons. The van der Waals surface area contributed by atoms with E-state index in [1.165, 1.54) is 17.7 Å². The molecule has 2 rings (SSSR count). The van der Waals surface area contributed by atoms with E-state index in [0.29, 0.717) is 11.4 Å². The Morgan fingerprint density at radius 1 is 1.17 bits per heavy atom. The van der Waals surface area contributed by atoms with Crippen LogP contribution in [-0.2, 0) is 5.75 Å². The largest absolute Gasteiger partial charge is 0.394 e. The molecular weight excluding hydrogens is 330 g/mol. The van der Waals surface area contributed by atoms with Crippen LogP contribution in [-0.4, -0.2) is 23.5 Å². The van der Waals surface area contributed by atoms with Crippen molar-refractivity contribution in [2.75, 3.05) is 17.7 Å². The zero-order valence-electron chi connectivity index (χ0n) is 13.0. The van der Waals surface area contributed by atoms with Crippen molar-refractivity contribution in [2.24, 2.45) is 0 Å². The first kappa shape index (κ1) is 18.2. The van der Waals surface area contributed by atoms with Gasteiger partial charge < -0.3 is 10.4 Å². The first-order valence-electron chi connectivity index (χ1n) is 7.45. The molecule has 0 fully saturated rings. The molecule has 2 N–H and O–H groups in total. The standard InChI is InChI=1S/C18H18F2N2OS/c19-18(20)17-8-15(7-6-14(17)9-21)22-16(10-23)12-24-11-13-4-2-1-3-5-13/h1-8,16,18,22-23H,10-12H2/t16-/m1/s1. The lowest BCUT2D eigenvalue weighted by Crippen LogP contribution is -2.26. The summed E-state index contributed by atoms with van der Waals surface area (Å²) in [5.41, 5.74) is 1.34. The number of rotatable bonds is 8. The highest BCUT2D eigenvalue weighted by Crippen LogP contribution is 2.26. The van der Waals surface area contributed by atoms with Crippen molar-refractivity contribution < 1.29 is 13.9 Å². The Hall–Kier alpha value is -2.10. The van der Waals surface area contributed by atoms with E-state index in [4.69, 9.17) is 5.26 Å². The van der Waals surface area contributed by atoms with Crippen molar-refractivity contribution in [2.45, 2.75) is 18.2 Å². The Morgan fingerprint density at radius 3 is 2.54 bits per heavy atom. The number of thioether (sulfide) groups is 1. The number of hydrogen-bond donors (Lipinski definition) is 2. The maximum Gasteiger partial charge on any atom is 0.265 e. The molecular formula is C18H18F2N2OS. The predicted molar refractivity (Wildman–Crippen MR) is 93.2 cm³/mol. The molecule has 0 saturated heterocycles. The zero-order chi connectivity index (χ0) is 17.4. The fourth-order valence-electron chi connectivity index (χ4n) is 2.20. The second kappa shape index (κ2) is 9.26. The van der Waals surface area contributed by atoms with E-state index >= 15 is 0 Å². The summed E-state index contributed by atoms with van der Waals surface area (Å²) in [7, 11) is 0. The Labute approximate surface area is 144 Å². The van der Waals surface area contributed by atoms with E-state index in [1.807, 2.05) is 30.3 Å². The molecule has 24 heavy (non-hydrogen) atoms. The summed E-state index contributed by atoms with van der Waals surface area (Å²) in [6.07, 6.45) is -2.71. The van der Waals surface area contributed by atoms with Gasteiger partial charge in [-0.3, -0.25) is 0 Å². The normalized spacial score (nSPS) is 12.0. The molecule has 126 valence electrons. The monoisotopic (exact) mass is 348 g/mol. The van der Waals surface area contributed by atoms with Gasteiger partial charge in [-0.25, -0.2) is 8.78 Å². The molecule has 0 aliphatic carbocycles. The number of nitriles is 1. The van der Waals surface area contributed by atoms with Crippen LogP contribution in [0.4, 0.5) is 14.5 Å². The summed E-state index contributed by atoms with van der Waals surface area (Å²) in [5.74, 6) is 1.45. The molecule has 0 aromatic heterocycles. The highest BCUT2D eigenvalue weighted by atomic mass is 32.2. The van der Waals surface area contributed by atoms with Crippen LogP contribution >= 0.6 is 11.8 Å². The number of hydrogen-bond acceptors (Lipinski definition) is 4. The molecule has 0 spiro atoms. The van der Waals surface area contributed by atoms with Crippen molar-refractivity contribution in [3.63, 3.8) is 0 Å². The van der Waals surface area contributed by atoms with Gasteiger partial charge in [0.25, 0.3) is 6.43 Å². The van der Waals surface area contributed by atoms with Crippen molar-refractivity contribution in [1.29, 1.82) is 5.26 Å². The molecule has 0 aliphatic heterocycles. The van der Waals surface area contributed by atoms with Gasteiger partial charge >= 0.3 is 0 Å². The summed E-state index contributed by atoms with van der Waals surface area (Å²) < 4.78 is 25.9. The minimum absolute atomic E-state index is 0.0328. The third-order valence-corrected chi connectivity index (χ3v) is 4.60. The molecule has 0 heterocycles. The van der Waals surface area contributed by atoms with E-state index in [9.17, 15) is 13.9 Å². The van der Waals surface area contributed by atoms with Crippen LogP contribution in [0.5, 0.6) is 0 Å². The Bertz CT molecular complexity index is 689. The van der Waals surface area contributed by atoms with Crippen LogP contribution in [0.2, 0.25) is 0 Å². The Kier molecular flexibility index (Phi) is 7.04. The van der Waals surface area contributed by atoms with Gasteiger partial charge in [-0.15, -0.1) is 0 Å². The van der Waals surface area contributed by atoms with Gasteiger partial charge in [0, 0.05) is 22.8 Å². The van der Waals surface area contributed by atoms with E-state index in [1.54, 1.807) is 23.9 Å². The third kappa shape index (κ3) is 5.22. The lowest BCUT2D eigenvalue weighted by Gasteiger charge is -2.18. The SMILES string of the molecule is N#Cc1ccc(N[C@H](CO)CSCc2ccccc2)cc1C(F)F. The van der Waals surface area contributed by atoms with Crippen LogP contribution in [0.1, 0.15) is 23.1 Å². The molecule has 0 bridgehead atoms. The first-order chi connectivity index (χ1) is 11.6. The lowest BCUT2D eigenvalue weighted by molar-refractivity contribution is 0.151. The predicted octanol–water partition coefficient (Wildman–Crippen LogP) is 4.20. The van der Waals surface area contributed by atoms with Crippen LogP contribution < -0.4 is 5.32 Å². The molecule has 0 aliphatic rings. The fourth-order valence-corrected chi connectivity index (χ4v) is 3.22. The smallest absolute Gasteiger partial charge is 0.265 e. The second-order valence-electron chi connectivity index (χ2n) is 5.24. The van der Waals surface area contributed by atoms with E-state index in [-0.39, 0.29) is 23.8 Å². The molecule has 0 unspecified atom stereocenters. The highest BCUT2D eigenvalue weighted by Gasteiger charge is 2.15. The number of alkyl halides is 2. The average Bonchev–Trinajstić information content (AvgIpc) is 2.61. The summed E-state index contributed by atoms with van der Waals surface area (Å²) in [4.78, 5) is 0. The molecule has 1 atom stereocenters. The van der Waals surface area contributed by atoms with Crippen molar-refractivity contribution in [1.82, 2.24) is 0 Å². The maximum absolute atomic E-state index is 13.0. The van der Waals surface area contributed by atoms with Crippen molar-refractivity contribution in [3.05, 3.63) is 65.2 Å². The molecule has 0 amide bonds. The number of halogens is 2. The van der Waals surface area contributed by atoms with E-state index in [2.05, 4.69) is 5.32 Å². The Balaban J connectivity index is 1.95. The van der Waals surface area contributed by atoms with Gasteiger partial charge in [-0.2, -0.15) is 17.0 Å². The lowest BCUT2D eigenvalue weighted by atomic mass is 10.1. The first-order valence-corrected chi connectivity index (χ1v) is 8.60. The zero-order valence-corrected chi connectivity index (χ0v) is 13.8. The third-order valence-electron chi connectivity index (χ3n) is 3.43. The quantitative estimate of drug-likeness (QED) is 0.751. The van der Waals surface area contributed by atoms with Gasteiger partial charge in [0.1, 0.15) is 0 Å². The van der Waals surface area contributed by atoms with Gasteiger partial charge in [-0.05, 0) is 23.8 Å². The minimum Gasteiger partial charge on any atom is -0.394 e. The summed E-state index contributed by atoms with van der Waals surface area (Å²) in [5, 5.41) is 21.4. The van der Waals surface area contributed by atoms with Crippen LogP contribution in [0.3, 0.4) is 0 Å². The number of anilines is 1. The minimum atomic E-state index is -2.71. The van der Waals surface area contributed by atoms with Gasteiger partial charge in [0.05, 0.1) is 24.3 Å². The van der Waals surface area contributed by atoms with Crippen molar-refractivity contribution in [3.8, 4) is 6.07 Å². The second-order valence-corrected chi connectivity index (χ2v) is 6.27. The van der Waals surface area contributed by atoms with E-state index in [0.717, 1.165) is 5.75 Å². The molecule has 2 aromatic carbocycles. The topological polar surface area (TPSA) is 56.0 Å². The van der Waals surface area contributed by atoms with Gasteiger partial charge in [0.2, 0.25) is 0 Å².